The maximum absolute atomic E-state index is 12.9. The highest BCUT2D eigenvalue weighted by atomic mass is 16.5. The first-order valence-corrected chi connectivity index (χ1v) is 11.3. The third-order valence-electron chi connectivity index (χ3n) is 5.89. The fraction of sp³-hybridized carbons (Fsp3) is 0.192. The van der Waals surface area contributed by atoms with Crippen LogP contribution in [-0.4, -0.2) is 38.9 Å². The van der Waals surface area contributed by atoms with E-state index < -0.39 is 11.5 Å². The molecule has 3 aromatic heterocycles. The number of fused-ring (bicyclic) bond motifs is 2. The molecule has 1 N–H and O–H groups in total. The zero-order chi connectivity index (χ0) is 25.2. The number of nitrogens with one attached hydrogen (secondary N) is 1. The average molecular weight is 486 g/mol. The second-order valence-corrected chi connectivity index (χ2v) is 8.35. The zero-order valence-corrected chi connectivity index (χ0v) is 19.7. The van der Waals surface area contributed by atoms with Crippen molar-refractivity contribution in [2.75, 3.05) is 13.7 Å². The molecule has 0 atom stereocenters. The summed E-state index contributed by atoms with van der Waals surface area (Å²) in [5, 5.41) is 7.92. The minimum atomic E-state index is -0.759. The number of ether oxygens (including phenoxy) is 1. The molecule has 0 fully saturated rings. The van der Waals surface area contributed by atoms with Crippen molar-refractivity contribution in [1.29, 1.82) is 0 Å². The first-order chi connectivity index (χ1) is 17.4. The highest BCUT2D eigenvalue weighted by Crippen LogP contribution is 2.24. The molecular weight excluding hydrogens is 462 g/mol. The molecule has 10 heteroatoms. The minimum Gasteiger partial charge on any atom is -0.493 e. The Kier molecular flexibility index (Phi) is 6.07. The van der Waals surface area contributed by atoms with Crippen LogP contribution in [0.1, 0.15) is 21.5 Å². The molecule has 0 aliphatic carbocycles. The summed E-state index contributed by atoms with van der Waals surface area (Å²) in [5.74, 6) is -0.161. The molecule has 0 aliphatic rings. The van der Waals surface area contributed by atoms with Crippen LogP contribution in [0.5, 0.6) is 5.75 Å². The van der Waals surface area contributed by atoms with Gasteiger partial charge in [0.1, 0.15) is 17.3 Å². The molecule has 0 bridgehead atoms. The lowest BCUT2D eigenvalue weighted by Gasteiger charge is -2.08. The molecule has 0 spiro atoms. The van der Waals surface area contributed by atoms with E-state index in [1.165, 1.54) is 30.3 Å². The predicted octanol–water partition coefficient (Wildman–Crippen LogP) is 2.49. The molecule has 0 saturated heterocycles. The lowest BCUT2D eigenvalue weighted by Crippen LogP contribution is -2.31. The monoisotopic (exact) mass is 485 g/mol. The zero-order valence-electron chi connectivity index (χ0n) is 19.7. The van der Waals surface area contributed by atoms with Crippen LogP contribution in [-0.2, 0) is 13.1 Å². The van der Waals surface area contributed by atoms with Crippen LogP contribution < -0.4 is 21.2 Å². The summed E-state index contributed by atoms with van der Waals surface area (Å²) in [6.07, 6.45) is 2.97. The molecule has 36 heavy (non-hydrogen) atoms. The van der Waals surface area contributed by atoms with E-state index in [1.807, 2.05) is 31.2 Å². The summed E-state index contributed by atoms with van der Waals surface area (Å²) < 4.78 is 13.6. The fourth-order valence-corrected chi connectivity index (χ4v) is 3.97. The minimum absolute atomic E-state index is 0.113. The van der Waals surface area contributed by atoms with E-state index in [0.717, 1.165) is 11.1 Å². The number of rotatable bonds is 7. The number of hydrogen-bond donors (Lipinski definition) is 1. The number of carbonyl (C=O) groups is 1. The van der Waals surface area contributed by atoms with Crippen molar-refractivity contribution in [1.82, 2.24) is 24.6 Å². The highest BCUT2D eigenvalue weighted by molar-refractivity contribution is 5.97. The van der Waals surface area contributed by atoms with Gasteiger partial charge in [-0.1, -0.05) is 42.0 Å². The van der Waals surface area contributed by atoms with Gasteiger partial charge < -0.3 is 14.5 Å². The predicted molar refractivity (Wildman–Crippen MR) is 133 cm³/mol. The van der Waals surface area contributed by atoms with Crippen LogP contribution in [0.15, 0.2) is 75.1 Å². The van der Waals surface area contributed by atoms with Crippen LogP contribution in [0, 0.1) is 6.92 Å². The lowest BCUT2D eigenvalue weighted by molar-refractivity contribution is 0.0948. The van der Waals surface area contributed by atoms with Gasteiger partial charge in [0.25, 0.3) is 11.5 Å². The van der Waals surface area contributed by atoms with E-state index in [-0.39, 0.29) is 29.8 Å². The van der Waals surface area contributed by atoms with Gasteiger partial charge in [-0.15, -0.1) is 0 Å². The summed E-state index contributed by atoms with van der Waals surface area (Å²) in [7, 11) is 1.47. The Morgan fingerprint density at radius 1 is 1.14 bits per heavy atom. The molecule has 0 unspecified atom stereocenters. The average Bonchev–Trinajstić information content (AvgIpc) is 3.30. The maximum Gasteiger partial charge on any atom is 0.349 e. The number of carbonyl (C=O) groups excluding carboxylic acids is 1. The molecule has 0 saturated carbocycles. The van der Waals surface area contributed by atoms with Gasteiger partial charge in [0.05, 0.1) is 26.4 Å². The number of aromatic nitrogens is 4. The summed E-state index contributed by atoms with van der Waals surface area (Å²) in [4.78, 5) is 42.4. The fourth-order valence-electron chi connectivity index (χ4n) is 3.97. The molecular formula is C26H23N5O5. The first-order valence-electron chi connectivity index (χ1n) is 11.3. The second kappa shape index (κ2) is 9.49. The second-order valence-electron chi connectivity index (χ2n) is 8.35. The lowest BCUT2D eigenvalue weighted by atomic mass is 10.1. The molecule has 0 aliphatic heterocycles. The Morgan fingerprint density at radius 2 is 1.94 bits per heavy atom. The van der Waals surface area contributed by atoms with Crippen molar-refractivity contribution in [2.24, 2.45) is 0 Å². The molecule has 1 amide bonds. The van der Waals surface area contributed by atoms with E-state index in [9.17, 15) is 14.4 Å². The number of para-hydroxylation sites is 1. The van der Waals surface area contributed by atoms with E-state index in [0.29, 0.717) is 28.7 Å². The summed E-state index contributed by atoms with van der Waals surface area (Å²) in [6.45, 7) is 2.84. The number of benzene rings is 2. The highest BCUT2D eigenvalue weighted by Gasteiger charge is 2.16. The quantitative estimate of drug-likeness (QED) is 0.352. The molecule has 5 aromatic rings. The molecule has 10 nitrogen and oxygen atoms in total. The standard InChI is InChI=1S/C26H23N5O5/c1-16-6-8-17(9-7-16)14-30-15-28-23-20(25(30)33)13-29-31(23)11-10-27-24(32)19-12-18-4-3-5-21(35-2)22(18)36-26(19)34/h3-9,12-13,15H,10-11,14H2,1-2H3,(H,27,32). The topological polar surface area (TPSA) is 121 Å². The summed E-state index contributed by atoms with van der Waals surface area (Å²) >= 11 is 0. The van der Waals surface area contributed by atoms with E-state index in [1.54, 1.807) is 22.9 Å². The normalized spacial score (nSPS) is 11.2. The van der Waals surface area contributed by atoms with Gasteiger partial charge in [-0.3, -0.25) is 14.2 Å². The smallest absolute Gasteiger partial charge is 0.349 e. The van der Waals surface area contributed by atoms with Crippen molar-refractivity contribution in [3.8, 4) is 5.75 Å². The van der Waals surface area contributed by atoms with E-state index in [4.69, 9.17) is 9.15 Å². The largest absolute Gasteiger partial charge is 0.493 e. The molecule has 182 valence electrons. The Bertz CT molecular complexity index is 1700. The molecule has 0 radical (unpaired) electrons. The van der Waals surface area contributed by atoms with Crippen LogP contribution >= 0.6 is 0 Å². The van der Waals surface area contributed by atoms with Crippen molar-refractivity contribution in [3.63, 3.8) is 0 Å². The molecule has 3 heterocycles. The van der Waals surface area contributed by atoms with Crippen LogP contribution in [0.2, 0.25) is 0 Å². The van der Waals surface area contributed by atoms with Gasteiger partial charge in [-0.2, -0.15) is 5.10 Å². The van der Waals surface area contributed by atoms with Gasteiger partial charge in [0, 0.05) is 11.9 Å². The Labute approximate surface area is 204 Å². The van der Waals surface area contributed by atoms with Gasteiger partial charge in [0.2, 0.25) is 0 Å². The van der Waals surface area contributed by atoms with Crippen molar-refractivity contribution in [3.05, 3.63) is 98.5 Å². The van der Waals surface area contributed by atoms with Crippen molar-refractivity contribution in [2.45, 2.75) is 20.0 Å². The van der Waals surface area contributed by atoms with Gasteiger partial charge in [0.15, 0.2) is 17.0 Å². The van der Waals surface area contributed by atoms with Crippen LogP contribution in [0.25, 0.3) is 22.0 Å². The van der Waals surface area contributed by atoms with Crippen LogP contribution in [0.4, 0.5) is 0 Å². The summed E-state index contributed by atoms with van der Waals surface area (Å²) in [5.41, 5.74) is 1.78. The Balaban J connectivity index is 1.29. The van der Waals surface area contributed by atoms with E-state index in [2.05, 4.69) is 15.4 Å². The summed E-state index contributed by atoms with van der Waals surface area (Å²) in [6, 6.07) is 14.6. The van der Waals surface area contributed by atoms with Gasteiger partial charge in [-0.05, 0) is 24.6 Å². The van der Waals surface area contributed by atoms with Gasteiger partial charge in [-0.25, -0.2) is 14.5 Å². The molecule has 5 rings (SSSR count). The third-order valence-corrected chi connectivity index (χ3v) is 5.89. The van der Waals surface area contributed by atoms with Gasteiger partial charge >= 0.3 is 5.63 Å². The SMILES string of the molecule is COc1cccc2cc(C(=O)NCCn3ncc4c(=O)n(Cc5ccc(C)cc5)cnc43)c(=O)oc12. The molecule has 2 aromatic carbocycles. The van der Waals surface area contributed by atoms with Crippen molar-refractivity contribution < 1.29 is 13.9 Å². The number of nitrogens with zero attached hydrogens (tertiary/aromatic N) is 4. The van der Waals surface area contributed by atoms with Crippen LogP contribution in [0.3, 0.4) is 0 Å². The number of methoxy groups -OCH3 is 1. The Morgan fingerprint density at radius 3 is 2.72 bits per heavy atom. The number of amides is 1. The number of hydrogen-bond acceptors (Lipinski definition) is 7. The van der Waals surface area contributed by atoms with E-state index >= 15 is 0 Å². The third kappa shape index (κ3) is 4.36. The number of aryl methyl sites for hydroxylation is 1. The maximum atomic E-state index is 12.9. The Hall–Kier alpha value is -4.73. The van der Waals surface area contributed by atoms with Crippen molar-refractivity contribution >= 4 is 27.9 Å². The first kappa shape index (κ1) is 23.0.